The van der Waals surface area contributed by atoms with Crippen molar-refractivity contribution >= 4 is 5.97 Å². The normalized spacial score (nSPS) is 13.2. The minimum absolute atomic E-state index is 0.363. The summed E-state index contributed by atoms with van der Waals surface area (Å²) >= 11 is 0. The van der Waals surface area contributed by atoms with Crippen molar-refractivity contribution in [2.45, 2.75) is 32.6 Å². The third kappa shape index (κ3) is 1.78. The van der Waals surface area contributed by atoms with Crippen LogP contribution >= 0.6 is 0 Å². The molecule has 1 aromatic heterocycles. The van der Waals surface area contributed by atoms with Crippen LogP contribution in [0.4, 0.5) is 0 Å². The summed E-state index contributed by atoms with van der Waals surface area (Å²) in [6, 6.07) is 0. The average molecular weight is 196 g/mol. The molecular weight excluding hydrogens is 180 g/mol. The molecule has 1 rings (SSSR count). The van der Waals surface area contributed by atoms with Crippen molar-refractivity contribution in [1.29, 1.82) is 0 Å². The molecule has 0 aliphatic rings. The summed E-state index contributed by atoms with van der Waals surface area (Å²) in [5.74, 6) is -0.412. The van der Waals surface area contributed by atoms with Gasteiger partial charge in [-0.25, -0.2) is 4.98 Å². The third-order valence-corrected chi connectivity index (χ3v) is 2.41. The van der Waals surface area contributed by atoms with Crippen LogP contribution in [0.3, 0.4) is 0 Å². The fraction of sp³-hybridized carbons (Fsp3) is 0.600. The maximum absolute atomic E-state index is 10.8. The van der Waals surface area contributed by atoms with Gasteiger partial charge in [-0.05, 0) is 12.8 Å². The van der Waals surface area contributed by atoms with Gasteiger partial charge < -0.3 is 9.67 Å². The largest absolute Gasteiger partial charge is 0.481 e. The van der Waals surface area contributed by atoms with E-state index < -0.39 is 11.9 Å². The van der Waals surface area contributed by atoms with Gasteiger partial charge in [-0.15, -0.1) is 0 Å². The Morgan fingerprint density at radius 2 is 2.07 bits per heavy atom. The van der Waals surface area contributed by atoms with Gasteiger partial charge in [0.25, 0.3) is 0 Å². The summed E-state index contributed by atoms with van der Waals surface area (Å²) in [7, 11) is 1.86. The van der Waals surface area contributed by atoms with Crippen molar-refractivity contribution in [3.63, 3.8) is 0 Å². The van der Waals surface area contributed by atoms with Gasteiger partial charge >= 0.3 is 5.97 Å². The number of imidazole rings is 1. The summed E-state index contributed by atoms with van der Waals surface area (Å²) in [6.07, 6.45) is 1.75. The van der Waals surface area contributed by atoms with Crippen LogP contribution in [0.2, 0.25) is 0 Å². The Kier molecular flexibility index (Phi) is 2.93. The van der Waals surface area contributed by atoms with E-state index in [0.717, 1.165) is 5.69 Å². The van der Waals surface area contributed by atoms with Crippen LogP contribution in [0.15, 0.2) is 6.20 Å². The minimum Gasteiger partial charge on any atom is -0.481 e. The summed E-state index contributed by atoms with van der Waals surface area (Å²) < 4.78 is 1.86. The number of carboxylic acids is 1. The highest BCUT2D eigenvalue weighted by Gasteiger charge is 2.20. The number of hydrogen-bond acceptors (Lipinski definition) is 2. The quantitative estimate of drug-likeness (QED) is 0.801. The molecule has 0 amide bonds. The molecule has 4 heteroatoms. The topological polar surface area (TPSA) is 55.1 Å². The van der Waals surface area contributed by atoms with E-state index in [2.05, 4.69) is 18.8 Å². The van der Waals surface area contributed by atoms with Crippen molar-refractivity contribution in [1.82, 2.24) is 9.55 Å². The molecule has 0 aliphatic carbocycles. The summed E-state index contributed by atoms with van der Waals surface area (Å²) in [4.78, 5) is 14.9. The maximum Gasteiger partial charge on any atom is 0.313 e. The second kappa shape index (κ2) is 3.82. The molecule has 0 bridgehead atoms. The van der Waals surface area contributed by atoms with Gasteiger partial charge in [0.2, 0.25) is 0 Å². The second-order valence-corrected chi connectivity index (χ2v) is 3.81. The van der Waals surface area contributed by atoms with Gasteiger partial charge in [-0.1, -0.05) is 13.8 Å². The van der Waals surface area contributed by atoms with Crippen molar-refractivity contribution in [2.75, 3.05) is 0 Å². The highest BCUT2D eigenvalue weighted by molar-refractivity contribution is 5.74. The first-order valence-corrected chi connectivity index (χ1v) is 4.69. The molecule has 1 N–H and O–H groups in total. The lowest BCUT2D eigenvalue weighted by Crippen LogP contribution is -2.13. The molecule has 14 heavy (non-hydrogen) atoms. The second-order valence-electron chi connectivity index (χ2n) is 3.81. The van der Waals surface area contributed by atoms with Crippen LogP contribution in [-0.2, 0) is 11.8 Å². The molecule has 0 spiro atoms. The number of nitrogens with zero attached hydrogens (tertiary/aromatic N) is 2. The Hall–Kier alpha value is -1.32. The van der Waals surface area contributed by atoms with Gasteiger partial charge in [-0.3, -0.25) is 4.79 Å². The van der Waals surface area contributed by atoms with E-state index in [1.807, 2.05) is 11.6 Å². The number of carboxylic acid groups (broad SMARTS) is 1. The Morgan fingerprint density at radius 1 is 1.50 bits per heavy atom. The molecule has 0 aromatic carbocycles. The van der Waals surface area contributed by atoms with E-state index in [9.17, 15) is 4.79 Å². The van der Waals surface area contributed by atoms with Crippen LogP contribution in [0, 0.1) is 0 Å². The zero-order valence-electron chi connectivity index (χ0n) is 8.98. The number of carbonyl (C=O) groups is 1. The summed E-state index contributed by atoms with van der Waals surface area (Å²) in [6.45, 7) is 5.77. The molecule has 0 saturated carbocycles. The number of aromatic nitrogens is 2. The fourth-order valence-corrected chi connectivity index (χ4v) is 1.49. The standard InChI is InChI=1S/C10H16N2O2/c1-6(2)8-5-11-9(12(8)4)7(3)10(13)14/h5-7H,1-4H3,(H,13,14). The molecule has 0 aliphatic heterocycles. The van der Waals surface area contributed by atoms with Crippen LogP contribution in [0.5, 0.6) is 0 Å². The maximum atomic E-state index is 10.8. The molecule has 1 heterocycles. The Balaban J connectivity index is 3.06. The average Bonchev–Trinajstić information content (AvgIpc) is 2.45. The van der Waals surface area contributed by atoms with Gasteiger partial charge in [0.1, 0.15) is 11.7 Å². The van der Waals surface area contributed by atoms with Crippen molar-refractivity contribution in [3.05, 3.63) is 17.7 Å². The molecule has 0 radical (unpaired) electrons. The first-order valence-electron chi connectivity index (χ1n) is 4.69. The molecule has 1 atom stereocenters. The lowest BCUT2D eigenvalue weighted by Gasteiger charge is -2.10. The van der Waals surface area contributed by atoms with Gasteiger partial charge in [0.05, 0.1) is 0 Å². The lowest BCUT2D eigenvalue weighted by atomic mass is 10.1. The monoisotopic (exact) mass is 196 g/mol. The third-order valence-electron chi connectivity index (χ3n) is 2.41. The lowest BCUT2D eigenvalue weighted by molar-refractivity contribution is -0.138. The van der Waals surface area contributed by atoms with Crippen LogP contribution in [0.25, 0.3) is 0 Å². The van der Waals surface area contributed by atoms with E-state index in [1.54, 1.807) is 13.1 Å². The van der Waals surface area contributed by atoms with E-state index in [0.29, 0.717) is 11.7 Å². The minimum atomic E-state index is -0.839. The SMILES string of the molecule is CC(C)c1cnc(C(C)C(=O)O)n1C. The molecule has 1 aromatic rings. The highest BCUT2D eigenvalue weighted by atomic mass is 16.4. The predicted octanol–water partition coefficient (Wildman–Crippen LogP) is 1.73. The van der Waals surface area contributed by atoms with Gasteiger partial charge in [-0.2, -0.15) is 0 Å². The van der Waals surface area contributed by atoms with E-state index in [-0.39, 0.29) is 0 Å². The first-order chi connectivity index (χ1) is 6.45. The number of rotatable bonds is 3. The number of aliphatic carboxylic acids is 1. The Bertz CT molecular complexity index is 342. The molecule has 78 valence electrons. The highest BCUT2D eigenvalue weighted by Crippen LogP contribution is 2.19. The van der Waals surface area contributed by atoms with Crippen molar-refractivity contribution in [2.24, 2.45) is 7.05 Å². The molecule has 4 nitrogen and oxygen atoms in total. The zero-order valence-corrected chi connectivity index (χ0v) is 8.98. The fourth-order valence-electron chi connectivity index (χ4n) is 1.49. The molecule has 1 unspecified atom stereocenters. The molecule has 0 saturated heterocycles. The summed E-state index contributed by atoms with van der Waals surface area (Å²) in [5.41, 5.74) is 1.06. The van der Waals surface area contributed by atoms with E-state index >= 15 is 0 Å². The Morgan fingerprint density at radius 3 is 2.43 bits per heavy atom. The Labute approximate surface area is 83.6 Å². The predicted molar refractivity (Wildman–Crippen MR) is 53.3 cm³/mol. The van der Waals surface area contributed by atoms with E-state index in [1.165, 1.54) is 0 Å². The van der Waals surface area contributed by atoms with Crippen LogP contribution < -0.4 is 0 Å². The number of hydrogen-bond donors (Lipinski definition) is 1. The zero-order chi connectivity index (χ0) is 10.9. The van der Waals surface area contributed by atoms with Crippen LogP contribution in [0.1, 0.15) is 44.1 Å². The van der Waals surface area contributed by atoms with Gasteiger partial charge in [0, 0.05) is 18.9 Å². The van der Waals surface area contributed by atoms with Crippen LogP contribution in [-0.4, -0.2) is 20.6 Å². The van der Waals surface area contributed by atoms with E-state index in [4.69, 9.17) is 5.11 Å². The van der Waals surface area contributed by atoms with Crippen molar-refractivity contribution in [3.8, 4) is 0 Å². The first kappa shape index (κ1) is 10.8. The van der Waals surface area contributed by atoms with Crippen molar-refractivity contribution < 1.29 is 9.90 Å². The molecular formula is C10H16N2O2. The van der Waals surface area contributed by atoms with Gasteiger partial charge in [0.15, 0.2) is 0 Å². The summed E-state index contributed by atoms with van der Waals surface area (Å²) in [5, 5.41) is 8.85. The molecule has 0 fully saturated rings. The smallest absolute Gasteiger partial charge is 0.313 e.